The monoisotopic (exact) mass is 339 g/mol. The molecule has 0 bridgehead atoms. The Morgan fingerprint density at radius 2 is 1.76 bits per heavy atom. The Morgan fingerprint density at radius 3 is 2.36 bits per heavy atom. The Morgan fingerprint density at radius 1 is 1.12 bits per heavy atom. The SMILES string of the molecule is Cc1ccc(C)c([C@@H](C)NC(=O)C[C@@](C)(C(=O)O)c2ccccc2)c1. The lowest BCUT2D eigenvalue weighted by atomic mass is 9.79. The minimum Gasteiger partial charge on any atom is -0.481 e. The first-order valence-electron chi connectivity index (χ1n) is 8.39. The molecule has 2 aromatic carbocycles. The number of aliphatic carboxylic acids is 1. The molecule has 4 heteroatoms. The third-order valence-electron chi connectivity index (χ3n) is 4.68. The van der Waals surface area contributed by atoms with Crippen LogP contribution in [0.5, 0.6) is 0 Å². The first-order chi connectivity index (χ1) is 11.7. The number of aryl methyl sites for hydroxylation is 2. The normalized spacial score (nSPS) is 14.4. The van der Waals surface area contributed by atoms with E-state index in [0.29, 0.717) is 5.56 Å². The predicted octanol–water partition coefficient (Wildman–Crippen LogP) is 3.91. The van der Waals surface area contributed by atoms with Crippen molar-refractivity contribution in [3.05, 3.63) is 70.8 Å². The fourth-order valence-electron chi connectivity index (χ4n) is 3.02. The van der Waals surface area contributed by atoms with Gasteiger partial charge in [0.05, 0.1) is 11.5 Å². The summed E-state index contributed by atoms with van der Waals surface area (Å²) in [6.07, 6.45) is -0.110. The number of carboxylic acids is 1. The first-order valence-corrected chi connectivity index (χ1v) is 8.39. The molecule has 0 saturated heterocycles. The second-order valence-corrected chi connectivity index (χ2v) is 6.83. The van der Waals surface area contributed by atoms with Crippen LogP contribution in [0, 0.1) is 13.8 Å². The van der Waals surface area contributed by atoms with E-state index in [4.69, 9.17) is 0 Å². The molecular formula is C21H25NO3. The van der Waals surface area contributed by atoms with Crippen LogP contribution in [0.3, 0.4) is 0 Å². The largest absolute Gasteiger partial charge is 0.481 e. The van der Waals surface area contributed by atoms with Gasteiger partial charge in [-0.25, -0.2) is 0 Å². The van der Waals surface area contributed by atoms with Crippen LogP contribution in [0.4, 0.5) is 0 Å². The van der Waals surface area contributed by atoms with Gasteiger partial charge in [-0.1, -0.05) is 54.1 Å². The van der Waals surface area contributed by atoms with Gasteiger partial charge in [-0.05, 0) is 44.4 Å². The smallest absolute Gasteiger partial charge is 0.314 e. The lowest BCUT2D eigenvalue weighted by Crippen LogP contribution is -2.39. The second-order valence-electron chi connectivity index (χ2n) is 6.83. The van der Waals surface area contributed by atoms with Crippen molar-refractivity contribution in [2.75, 3.05) is 0 Å². The summed E-state index contributed by atoms with van der Waals surface area (Å²) in [5, 5.41) is 12.6. The zero-order valence-corrected chi connectivity index (χ0v) is 15.2. The Hall–Kier alpha value is -2.62. The minimum atomic E-state index is -1.26. The molecule has 132 valence electrons. The summed E-state index contributed by atoms with van der Waals surface area (Å²) in [6.45, 7) is 7.52. The Labute approximate surface area is 148 Å². The van der Waals surface area contributed by atoms with Crippen molar-refractivity contribution < 1.29 is 14.7 Å². The minimum absolute atomic E-state index is 0.110. The summed E-state index contributed by atoms with van der Waals surface area (Å²) >= 11 is 0. The highest BCUT2D eigenvalue weighted by molar-refractivity contribution is 5.89. The molecule has 2 rings (SSSR count). The molecule has 1 amide bonds. The van der Waals surface area contributed by atoms with Crippen LogP contribution in [0.15, 0.2) is 48.5 Å². The van der Waals surface area contributed by atoms with Gasteiger partial charge in [-0.3, -0.25) is 9.59 Å². The molecule has 25 heavy (non-hydrogen) atoms. The number of carboxylic acid groups (broad SMARTS) is 1. The van der Waals surface area contributed by atoms with Gasteiger partial charge >= 0.3 is 5.97 Å². The summed E-state index contributed by atoms with van der Waals surface area (Å²) in [5.74, 6) is -1.28. The number of hydrogen-bond donors (Lipinski definition) is 2. The number of hydrogen-bond acceptors (Lipinski definition) is 2. The van der Waals surface area contributed by atoms with E-state index < -0.39 is 11.4 Å². The van der Waals surface area contributed by atoms with Crippen molar-refractivity contribution in [1.29, 1.82) is 0 Å². The fourth-order valence-corrected chi connectivity index (χ4v) is 3.02. The van der Waals surface area contributed by atoms with E-state index in [1.165, 1.54) is 0 Å². The van der Waals surface area contributed by atoms with Gasteiger partial charge < -0.3 is 10.4 Å². The van der Waals surface area contributed by atoms with Crippen molar-refractivity contribution in [3.8, 4) is 0 Å². The summed E-state index contributed by atoms with van der Waals surface area (Å²) < 4.78 is 0. The van der Waals surface area contributed by atoms with E-state index in [0.717, 1.165) is 16.7 Å². The number of nitrogens with one attached hydrogen (secondary N) is 1. The molecule has 4 nitrogen and oxygen atoms in total. The van der Waals surface area contributed by atoms with E-state index in [1.807, 2.05) is 45.0 Å². The topological polar surface area (TPSA) is 66.4 Å². The zero-order chi connectivity index (χ0) is 18.6. The molecule has 0 fully saturated rings. The maximum absolute atomic E-state index is 12.5. The van der Waals surface area contributed by atoms with Gasteiger partial charge in [0.1, 0.15) is 0 Å². The number of amides is 1. The molecule has 0 aliphatic rings. The van der Waals surface area contributed by atoms with E-state index >= 15 is 0 Å². The highest BCUT2D eigenvalue weighted by atomic mass is 16.4. The Kier molecular flexibility index (Phi) is 5.62. The van der Waals surface area contributed by atoms with Crippen LogP contribution in [-0.4, -0.2) is 17.0 Å². The number of rotatable bonds is 6. The zero-order valence-electron chi connectivity index (χ0n) is 15.2. The van der Waals surface area contributed by atoms with Crippen LogP contribution < -0.4 is 5.32 Å². The highest BCUT2D eigenvalue weighted by Crippen LogP contribution is 2.28. The van der Waals surface area contributed by atoms with Gasteiger partial charge in [0, 0.05) is 6.42 Å². The molecule has 0 spiro atoms. The van der Waals surface area contributed by atoms with Crippen molar-refractivity contribution in [1.82, 2.24) is 5.32 Å². The molecular weight excluding hydrogens is 314 g/mol. The van der Waals surface area contributed by atoms with E-state index in [2.05, 4.69) is 5.32 Å². The number of carbonyl (C=O) groups excluding carboxylic acids is 1. The quantitative estimate of drug-likeness (QED) is 0.838. The third-order valence-corrected chi connectivity index (χ3v) is 4.68. The van der Waals surface area contributed by atoms with Crippen LogP contribution in [0.1, 0.15) is 48.6 Å². The van der Waals surface area contributed by atoms with Crippen LogP contribution in [-0.2, 0) is 15.0 Å². The first kappa shape index (κ1) is 18.7. The molecule has 2 atom stereocenters. The van der Waals surface area contributed by atoms with Crippen molar-refractivity contribution >= 4 is 11.9 Å². The van der Waals surface area contributed by atoms with Gasteiger partial charge in [0.25, 0.3) is 0 Å². The second kappa shape index (κ2) is 7.51. The van der Waals surface area contributed by atoms with Gasteiger partial charge in [0.2, 0.25) is 5.91 Å². The standard InChI is InChI=1S/C21H25NO3/c1-14-10-11-15(2)18(12-14)16(3)22-19(23)13-21(4,20(24)25)17-8-6-5-7-9-17/h5-12,16H,13H2,1-4H3,(H,22,23)(H,24,25)/t16-,21-/m1/s1. The van der Waals surface area contributed by atoms with E-state index in [9.17, 15) is 14.7 Å². The molecule has 0 aromatic heterocycles. The maximum atomic E-state index is 12.5. The summed E-state index contributed by atoms with van der Waals surface area (Å²) in [6, 6.07) is 14.8. The van der Waals surface area contributed by atoms with Gasteiger partial charge in [-0.15, -0.1) is 0 Å². The van der Waals surface area contributed by atoms with Crippen LogP contribution >= 0.6 is 0 Å². The van der Waals surface area contributed by atoms with Crippen molar-refractivity contribution in [3.63, 3.8) is 0 Å². The Balaban J connectivity index is 2.17. The van der Waals surface area contributed by atoms with Gasteiger partial charge in [0.15, 0.2) is 0 Å². The lowest BCUT2D eigenvalue weighted by Gasteiger charge is -2.26. The molecule has 0 heterocycles. The molecule has 0 aliphatic heterocycles. The third kappa shape index (κ3) is 4.27. The Bertz CT molecular complexity index is 770. The molecule has 0 radical (unpaired) electrons. The number of benzene rings is 2. The van der Waals surface area contributed by atoms with Crippen molar-refractivity contribution in [2.24, 2.45) is 0 Å². The van der Waals surface area contributed by atoms with E-state index in [-0.39, 0.29) is 18.4 Å². The van der Waals surface area contributed by atoms with Crippen molar-refractivity contribution in [2.45, 2.75) is 45.6 Å². The van der Waals surface area contributed by atoms with Crippen LogP contribution in [0.2, 0.25) is 0 Å². The molecule has 0 unspecified atom stereocenters. The molecule has 2 aromatic rings. The van der Waals surface area contributed by atoms with Crippen LogP contribution in [0.25, 0.3) is 0 Å². The maximum Gasteiger partial charge on any atom is 0.314 e. The average Bonchev–Trinajstić information content (AvgIpc) is 2.57. The predicted molar refractivity (Wildman–Crippen MR) is 98.5 cm³/mol. The summed E-state index contributed by atoms with van der Waals surface area (Å²) in [7, 11) is 0. The molecule has 0 saturated carbocycles. The summed E-state index contributed by atoms with van der Waals surface area (Å²) in [5.41, 5.74) is 2.64. The average molecular weight is 339 g/mol. The number of carbonyl (C=O) groups is 2. The van der Waals surface area contributed by atoms with E-state index in [1.54, 1.807) is 31.2 Å². The van der Waals surface area contributed by atoms with Gasteiger partial charge in [-0.2, -0.15) is 0 Å². The highest BCUT2D eigenvalue weighted by Gasteiger charge is 2.37. The molecule has 2 N–H and O–H groups in total. The molecule has 0 aliphatic carbocycles. The lowest BCUT2D eigenvalue weighted by molar-refractivity contribution is -0.145. The fraction of sp³-hybridized carbons (Fsp3) is 0.333. The summed E-state index contributed by atoms with van der Waals surface area (Å²) in [4.78, 5) is 24.4.